The molecule has 0 bridgehead atoms. The molecule has 0 aromatic heterocycles. The highest BCUT2D eigenvalue weighted by Crippen LogP contribution is 2.52. The van der Waals surface area contributed by atoms with E-state index in [0.29, 0.717) is 10.6 Å². The summed E-state index contributed by atoms with van der Waals surface area (Å²) in [6.07, 6.45) is 0.308. The maximum Gasteiger partial charge on any atom is 0.316 e. The van der Waals surface area contributed by atoms with Gasteiger partial charge in [-0.2, -0.15) is 0 Å². The van der Waals surface area contributed by atoms with Crippen LogP contribution < -0.4 is 0 Å². The average molecular weight is 305 g/mol. The van der Waals surface area contributed by atoms with Crippen molar-refractivity contribution in [1.29, 1.82) is 0 Å². The lowest BCUT2D eigenvalue weighted by Gasteiger charge is -2.23. The quantitative estimate of drug-likeness (QED) is 0.781. The van der Waals surface area contributed by atoms with Crippen LogP contribution in [0.4, 0.5) is 0 Å². The summed E-state index contributed by atoms with van der Waals surface area (Å²) in [5, 5.41) is 9.80. The van der Waals surface area contributed by atoms with Crippen molar-refractivity contribution >= 4 is 24.9 Å². The fourth-order valence-corrected chi connectivity index (χ4v) is 4.15. The van der Waals surface area contributed by atoms with Crippen LogP contribution in [0.5, 0.6) is 0 Å². The third kappa shape index (κ3) is 4.07. The van der Waals surface area contributed by atoms with Crippen molar-refractivity contribution in [2.45, 2.75) is 25.9 Å². The SMILES string of the molecule is CCOP(=O)(CC)C(Cc1ccccc1Cl)C(=O)O. The highest BCUT2D eigenvalue weighted by molar-refractivity contribution is 7.60. The molecule has 1 aromatic carbocycles. The summed E-state index contributed by atoms with van der Waals surface area (Å²) in [5.41, 5.74) is -0.387. The van der Waals surface area contributed by atoms with Gasteiger partial charge in [0.1, 0.15) is 5.66 Å². The first-order chi connectivity index (χ1) is 8.94. The van der Waals surface area contributed by atoms with Gasteiger partial charge in [-0.15, -0.1) is 0 Å². The van der Waals surface area contributed by atoms with Crippen LogP contribution in [0.1, 0.15) is 19.4 Å². The smallest absolute Gasteiger partial charge is 0.316 e. The molecule has 0 saturated carbocycles. The van der Waals surface area contributed by atoms with E-state index in [1.54, 1.807) is 38.1 Å². The van der Waals surface area contributed by atoms with Crippen LogP contribution in [-0.4, -0.2) is 29.5 Å². The highest BCUT2D eigenvalue weighted by Gasteiger charge is 2.38. The largest absolute Gasteiger partial charge is 0.481 e. The molecule has 19 heavy (non-hydrogen) atoms. The van der Waals surface area contributed by atoms with Crippen molar-refractivity contribution in [2.24, 2.45) is 0 Å². The molecule has 0 radical (unpaired) electrons. The molecule has 0 spiro atoms. The number of benzene rings is 1. The number of carbonyl (C=O) groups is 1. The first-order valence-corrected chi connectivity index (χ1v) is 8.39. The topological polar surface area (TPSA) is 63.6 Å². The van der Waals surface area contributed by atoms with Crippen molar-refractivity contribution in [1.82, 2.24) is 0 Å². The van der Waals surface area contributed by atoms with Gasteiger partial charge < -0.3 is 9.63 Å². The summed E-state index contributed by atoms with van der Waals surface area (Å²) >= 11 is 6.02. The highest BCUT2D eigenvalue weighted by atomic mass is 35.5. The van der Waals surface area contributed by atoms with Crippen LogP contribution in [0.25, 0.3) is 0 Å². The molecule has 1 N–H and O–H groups in total. The number of hydrogen-bond acceptors (Lipinski definition) is 3. The van der Waals surface area contributed by atoms with Gasteiger partial charge in [-0.3, -0.25) is 9.36 Å². The Morgan fingerprint density at radius 3 is 2.53 bits per heavy atom. The Bertz CT molecular complexity index is 489. The zero-order chi connectivity index (χ0) is 14.5. The van der Waals surface area contributed by atoms with Crippen molar-refractivity contribution < 1.29 is 19.0 Å². The number of aliphatic carboxylic acids is 1. The molecule has 0 aliphatic carbocycles. The molecule has 0 aliphatic rings. The summed E-state index contributed by atoms with van der Waals surface area (Å²) in [6, 6.07) is 6.97. The van der Waals surface area contributed by atoms with Crippen LogP contribution in [0.15, 0.2) is 24.3 Å². The Morgan fingerprint density at radius 2 is 2.05 bits per heavy atom. The van der Waals surface area contributed by atoms with Gasteiger partial charge in [-0.25, -0.2) is 0 Å². The van der Waals surface area contributed by atoms with Crippen molar-refractivity contribution in [2.75, 3.05) is 12.8 Å². The molecule has 4 nitrogen and oxygen atoms in total. The van der Waals surface area contributed by atoms with E-state index in [4.69, 9.17) is 16.1 Å². The first kappa shape index (κ1) is 16.2. The van der Waals surface area contributed by atoms with Crippen LogP contribution in [0.3, 0.4) is 0 Å². The van der Waals surface area contributed by atoms with E-state index < -0.39 is 19.0 Å². The normalized spacial score (nSPS) is 15.7. The Balaban J connectivity index is 3.06. The maximum atomic E-state index is 12.6. The summed E-state index contributed by atoms with van der Waals surface area (Å²) < 4.78 is 17.8. The minimum atomic E-state index is -3.21. The number of halogens is 1. The fourth-order valence-electron chi connectivity index (χ4n) is 1.89. The van der Waals surface area contributed by atoms with Crippen LogP contribution >= 0.6 is 19.0 Å². The van der Waals surface area contributed by atoms with Crippen molar-refractivity contribution in [3.8, 4) is 0 Å². The number of hydrogen-bond donors (Lipinski definition) is 1. The molecule has 1 aromatic rings. The van der Waals surface area contributed by atoms with Gasteiger partial charge >= 0.3 is 5.97 Å². The summed E-state index contributed by atoms with van der Waals surface area (Å²) in [7, 11) is -3.21. The zero-order valence-electron chi connectivity index (χ0n) is 11.0. The average Bonchev–Trinajstić information content (AvgIpc) is 2.37. The zero-order valence-corrected chi connectivity index (χ0v) is 12.7. The minimum Gasteiger partial charge on any atom is -0.481 e. The summed E-state index contributed by atoms with van der Waals surface area (Å²) in [6.45, 7) is 3.62. The molecule has 106 valence electrons. The van der Waals surface area contributed by atoms with E-state index in [-0.39, 0.29) is 19.2 Å². The third-order valence-corrected chi connectivity index (χ3v) is 6.22. The molecule has 2 atom stereocenters. The van der Waals surface area contributed by atoms with E-state index in [2.05, 4.69) is 0 Å². The molecule has 0 amide bonds. The fraction of sp³-hybridized carbons (Fsp3) is 0.462. The predicted molar refractivity (Wildman–Crippen MR) is 76.4 cm³/mol. The molecular weight excluding hydrogens is 287 g/mol. The Hall–Kier alpha value is -0.830. The first-order valence-electron chi connectivity index (χ1n) is 6.14. The second-order valence-corrected chi connectivity index (χ2v) is 7.48. The molecule has 0 saturated heterocycles. The molecule has 0 heterocycles. The lowest BCUT2D eigenvalue weighted by atomic mass is 10.1. The van der Waals surface area contributed by atoms with E-state index >= 15 is 0 Å². The number of carboxylic acid groups (broad SMARTS) is 1. The predicted octanol–water partition coefficient (Wildman–Crippen LogP) is 3.67. The third-order valence-electron chi connectivity index (χ3n) is 2.92. The molecule has 6 heteroatoms. The van der Waals surface area contributed by atoms with Gasteiger partial charge in [0.15, 0.2) is 0 Å². The maximum absolute atomic E-state index is 12.6. The minimum absolute atomic E-state index is 0.111. The lowest BCUT2D eigenvalue weighted by molar-refractivity contribution is -0.136. The number of rotatable bonds is 7. The van der Waals surface area contributed by atoms with E-state index in [9.17, 15) is 14.5 Å². The summed E-state index contributed by atoms with van der Waals surface area (Å²) in [5.74, 6) is -1.11. The Labute approximate surface area is 118 Å². The molecular formula is C13H18ClO4P. The van der Waals surface area contributed by atoms with Crippen LogP contribution in [0, 0.1) is 0 Å². The standard InChI is InChI=1S/C13H18ClO4P/c1-3-18-19(17,4-2)12(13(15)16)9-10-7-5-6-8-11(10)14/h5-8,12H,3-4,9H2,1-2H3,(H,15,16). The van der Waals surface area contributed by atoms with Crippen molar-refractivity contribution in [3.63, 3.8) is 0 Å². The monoisotopic (exact) mass is 304 g/mol. The van der Waals surface area contributed by atoms with Crippen molar-refractivity contribution in [3.05, 3.63) is 34.9 Å². The summed E-state index contributed by atoms with van der Waals surface area (Å²) in [4.78, 5) is 11.4. The van der Waals surface area contributed by atoms with Gasteiger partial charge in [0.25, 0.3) is 0 Å². The van der Waals surface area contributed by atoms with Gasteiger partial charge in [0.05, 0.1) is 6.61 Å². The molecule has 1 rings (SSSR count). The molecule has 2 unspecified atom stereocenters. The van der Waals surface area contributed by atoms with Gasteiger partial charge in [0, 0.05) is 11.2 Å². The lowest BCUT2D eigenvalue weighted by Crippen LogP contribution is -2.25. The van der Waals surface area contributed by atoms with E-state index in [1.807, 2.05) is 0 Å². The number of carboxylic acids is 1. The van der Waals surface area contributed by atoms with Gasteiger partial charge in [-0.1, -0.05) is 36.7 Å². The Morgan fingerprint density at radius 1 is 1.42 bits per heavy atom. The van der Waals surface area contributed by atoms with E-state index in [0.717, 1.165) is 0 Å². The Kier molecular flexibility index (Phi) is 6.05. The van der Waals surface area contributed by atoms with E-state index in [1.165, 1.54) is 0 Å². The second-order valence-electron chi connectivity index (χ2n) is 4.11. The second kappa shape index (κ2) is 7.09. The molecule has 0 fully saturated rings. The van der Waals surface area contributed by atoms with Gasteiger partial charge in [-0.05, 0) is 25.0 Å². The van der Waals surface area contributed by atoms with Crippen LogP contribution in [0.2, 0.25) is 5.02 Å². The molecule has 0 aliphatic heterocycles. The van der Waals surface area contributed by atoms with Gasteiger partial charge in [0.2, 0.25) is 7.37 Å². The van der Waals surface area contributed by atoms with Crippen LogP contribution in [-0.2, 0) is 20.3 Å².